The van der Waals surface area contributed by atoms with Crippen molar-refractivity contribution in [3.8, 4) is 0 Å². The number of amides is 1. The topological polar surface area (TPSA) is 29.1 Å². The first-order valence-corrected chi connectivity index (χ1v) is 9.11. The van der Waals surface area contributed by atoms with Crippen molar-refractivity contribution >= 4 is 41.0 Å². The number of hydrogen-bond donors (Lipinski definition) is 1. The van der Waals surface area contributed by atoms with Gasteiger partial charge in [0.15, 0.2) is 0 Å². The Balaban J connectivity index is 2.10. The van der Waals surface area contributed by atoms with Crippen molar-refractivity contribution < 1.29 is 4.79 Å². The van der Waals surface area contributed by atoms with E-state index in [-0.39, 0.29) is 10.7 Å². The lowest BCUT2D eigenvalue weighted by Gasteiger charge is -2.17. The molecular formula is C15H22ClNOS2. The number of carbonyl (C=O) groups excluding carboxylic acids is 1. The summed E-state index contributed by atoms with van der Waals surface area (Å²) >= 11 is 9.31. The van der Waals surface area contributed by atoms with E-state index in [1.165, 1.54) is 5.56 Å². The molecule has 1 aromatic rings. The molecule has 0 fully saturated rings. The Morgan fingerprint density at radius 3 is 2.50 bits per heavy atom. The molecule has 1 amide bonds. The summed E-state index contributed by atoms with van der Waals surface area (Å²) in [7, 11) is 0. The minimum Gasteiger partial charge on any atom is -0.355 e. The predicted octanol–water partition coefficient (Wildman–Crippen LogP) is 4.22. The number of thioether (sulfide) groups is 2. The van der Waals surface area contributed by atoms with Crippen molar-refractivity contribution in [2.45, 2.75) is 31.3 Å². The van der Waals surface area contributed by atoms with Gasteiger partial charge in [-0.2, -0.15) is 11.8 Å². The SMILES string of the molecule is CC(C)(C)SCCNC(=O)CSCc1ccc(Cl)cc1. The highest BCUT2D eigenvalue weighted by Gasteiger charge is 2.10. The van der Waals surface area contributed by atoms with Gasteiger partial charge in [-0.15, -0.1) is 11.8 Å². The summed E-state index contributed by atoms with van der Waals surface area (Å²) in [5, 5.41) is 3.69. The fourth-order valence-electron chi connectivity index (χ4n) is 1.44. The number of rotatable bonds is 7. The smallest absolute Gasteiger partial charge is 0.230 e. The van der Waals surface area contributed by atoms with Crippen molar-refractivity contribution in [1.29, 1.82) is 0 Å². The molecule has 0 aliphatic carbocycles. The van der Waals surface area contributed by atoms with Crippen molar-refractivity contribution in [2.24, 2.45) is 0 Å². The lowest BCUT2D eigenvalue weighted by atomic mass is 10.2. The minimum atomic E-state index is 0.110. The van der Waals surface area contributed by atoms with Crippen LogP contribution in [0.4, 0.5) is 0 Å². The van der Waals surface area contributed by atoms with E-state index >= 15 is 0 Å². The quantitative estimate of drug-likeness (QED) is 0.758. The molecule has 0 saturated carbocycles. The van der Waals surface area contributed by atoms with Gasteiger partial charge in [0.2, 0.25) is 5.91 Å². The van der Waals surface area contributed by atoms with Gasteiger partial charge in [0.25, 0.3) is 0 Å². The third kappa shape index (κ3) is 8.77. The molecule has 0 unspecified atom stereocenters. The third-order valence-corrected chi connectivity index (χ3v) is 4.90. The molecule has 0 heterocycles. The second-order valence-electron chi connectivity index (χ2n) is 5.43. The maximum atomic E-state index is 11.6. The first-order valence-electron chi connectivity index (χ1n) is 6.60. The zero-order chi connectivity index (χ0) is 15.0. The zero-order valence-corrected chi connectivity index (χ0v) is 14.6. The van der Waals surface area contributed by atoms with Crippen LogP contribution < -0.4 is 5.32 Å². The fourth-order valence-corrected chi connectivity index (χ4v) is 3.20. The molecule has 1 N–H and O–H groups in total. The molecule has 1 rings (SSSR count). The molecule has 0 aliphatic rings. The lowest BCUT2D eigenvalue weighted by Crippen LogP contribution is -2.28. The molecule has 20 heavy (non-hydrogen) atoms. The van der Waals surface area contributed by atoms with Crippen molar-refractivity contribution in [3.63, 3.8) is 0 Å². The molecule has 0 aromatic heterocycles. The average molecular weight is 332 g/mol. The summed E-state index contributed by atoms with van der Waals surface area (Å²) in [5.74, 6) is 2.40. The van der Waals surface area contributed by atoms with E-state index in [9.17, 15) is 4.79 Å². The van der Waals surface area contributed by atoms with Gasteiger partial charge in [-0.3, -0.25) is 4.79 Å². The van der Waals surface area contributed by atoms with E-state index in [0.717, 1.165) is 23.1 Å². The first-order chi connectivity index (χ1) is 9.37. The zero-order valence-electron chi connectivity index (χ0n) is 12.2. The molecule has 112 valence electrons. The van der Waals surface area contributed by atoms with Crippen LogP contribution in [0.5, 0.6) is 0 Å². The first kappa shape index (κ1) is 17.7. The Bertz CT molecular complexity index is 415. The normalized spacial score (nSPS) is 11.4. The maximum absolute atomic E-state index is 11.6. The highest BCUT2D eigenvalue weighted by Crippen LogP contribution is 2.22. The van der Waals surface area contributed by atoms with Crippen LogP contribution in [0.25, 0.3) is 0 Å². The fraction of sp³-hybridized carbons (Fsp3) is 0.533. The van der Waals surface area contributed by atoms with Crippen LogP contribution in [0.3, 0.4) is 0 Å². The van der Waals surface area contributed by atoms with Gasteiger partial charge in [0, 0.05) is 27.8 Å². The van der Waals surface area contributed by atoms with Crippen molar-refractivity contribution in [2.75, 3.05) is 18.1 Å². The Labute approximate surface area is 135 Å². The van der Waals surface area contributed by atoms with Crippen LogP contribution in [-0.4, -0.2) is 28.7 Å². The number of carbonyl (C=O) groups is 1. The lowest BCUT2D eigenvalue weighted by molar-refractivity contribution is -0.118. The molecule has 1 aromatic carbocycles. The van der Waals surface area contributed by atoms with Crippen LogP contribution >= 0.6 is 35.1 Å². The average Bonchev–Trinajstić information content (AvgIpc) is 2.36. The number of benzene rings is 1. The molecule has 0 saturated heterocycles. The molecular weight excluding hydrogens is 310 g/mol. The molecule has 5 heteroatoms. The van der Waals surface area contributed by atoms with Crippen LogP contribution in [-0.2, 0) is 10.5 Å². The Kier molecular flexibility index (Phi) is 7.85. The monoisotopic (exact) mass is 331 g/mol. The van der Waals surface area contributed by atoms with Gasteiger partial charge >= 0.3 is 0 Å². The highest BCUT2D eigenvalue weighted by molar-refractivity contribution is 8.00. The summed E-state index contributed by atoms with van der Waals surface area (Å²) in [5.41, 5.74) is 1.19. The summed E-state index contributed by atoms with van der Waals surface area (Å²) in [6, 6.07) is 7.74. The van der Waals surface area contributed by atoms with Gasteiger partial charge in [-0.05, 0) is 17.7 Å². The summed E-state index contributed by atoms with van der Waals surface area (Å²) < 4.78 is 0.258. The second-order valence-corrected chi connectivity index (χ2v) is 8.77. The summed E-state index contributed by atoms with van der Waals surface area (Å²) in [6.45, 7) is 7.28. The standard InChI is InChI=1S/C15H22ClNOS2/c1-15(2,3)20-9-8-17-14(18)11-19-10-12-4-6-13(16)7-5-12/h4-7H,8-11H2,1-3H3,(H,17,18). The Hall–Kier alpha value is -0.320. The van der Waals surface area contributed by atoms with Crippen molar-refractivity contribution in [1.82, 2.24) is 5.32 Å². The van der Waals surface area contributed by atoms with Gasteiger partial charge in [0.05, 0.1) is 5.75 Å². The van der Waals surface area contributed by atoms with E-state index in [2.05, 4.69) is 26.1 Å². The van der Waals surface area contributed by atoms with E-state index in [4.69, 9.17) is 11.6 Å². The van der Waals surface area contributed by atoms with Crippen LogP contribution in [0, 0.1) is 0 Å². The van der Waals surface area contributed by atoms with E-state index in [0.29, 0.717) is 5.75 Å². The molecule has 0 radical (unpaired) electrons. The molecule has 0 bridgehead atoms. The predicted molar refractivity (Wildman–Crippen MR) is 92.8 cm³/mol. The van der Waals surface area contributed by atoms with Crippen LogP contribution in [0.15, 0.2) is 24.3 Å². The van der Waals surface area contributed by atoms with Crippen LogP contribution in [0.2, 0.25) is 5.02 Å². The number of halogens is 1. The highest BCUT2D eigenvalue weighted by atomic mass is 35.5. The van der Waals surface area contributed by atoms with E-state index in [1.54, 1.807) is 11.8 Å². The van der Waals surface area contributed by atoms with Crippen molar-refractivity contribution in [3.05, 3.63) is 34.9 Å². The summed E-state index contributed by atoms with van der Waals surface area (Å²) in [6.07, 6.45) is 0. The largest absolute Gasteiger partial charge is 0.355 e. The third-order valence-electron chi connectivity index (χ3n) is 2.37. The van der Waals surface area contributed by atoms with E-state index in [1.807, 2.05) is 36.0 Å². The summed E-state index contributed by atoms with van der Waals surface area (Å²) in [4.78, 5) is 11.6. The number of hydrogen-bond acceptors (Lipinski definition) is 3. The maximum Gasteiger partial charge on any atom is 0.230 e. The molecule has 0 atom stereocenters. The minimum absolute atomic E-state index is 0.110. The van der Waals surface area contributed by atoms with Gasteiger partial charge in [-0.25, -0.2) is 0 Å². The number of nitrogens with one attached hydrogen (secondary N) is 1. The van der Waals surface area contributed by atoms with Gasteiger partial charge in [-0.1, -0.05) is 44.5 Å². The molecule has 2 nitrogen and oxygen atoms in total. The van der Waals surface area contributed by atoms with Gasteiger partial charge < -0.3 is 5.32 Å². The Morgan fingerprint density at radius 2 is 1.90 bits per heavy atom. The van der Waals surface area contributed by atoms with Crippen LogP contribution in [0.1, 0.15) is 26.3 Å². The Morgan fingerprint density at radius 1 is 1.25 bits per heavy atom. The molecule has 0 spiro atoms. The van der Waals surface area contributed by atoms with E-state index < -0.39 is 0 Å². The van der Waals surface area contributed by atoms with Gasteiger partial charge in [0.1, 0.15) is 0 Å². The molecule has 0 aliphatic heterocycles. The second kappa shape index (κ2) is 8.85.